The fourth-order valence-electron chi connectivity index (χ4n) is 2.65. The molecule has 7 heteroatoms. The monoisotopic (exact) mass is 324 g/mol. The third kappa shape index (κ3) is 2.90. The fraction of sp³-hybridized carbons (Fsp3) is 0.571. The van der Waals surface area contributed by atoms with Crippen LogP contribution in [0.2, 0.25) is 0 Å². The molecule has 0 aromatic carbocycles. The molecule has 1 fully saturated rings. The number of carbonyl (C=O) groups is 1. The Morgan fingerprint density at radius 3 is 3.00 bits per heavy atom. The number of aromatic nitrogens is 1. The normalized spacial score (nSPS) is 18.6. The number of hydrogen-bond donors (Lipinski definition) is 1. The summed E-state index contributed by atoms with van der Waals surface area (Å²) in [5.41, 5.74) is 0. The van der Waals surface area contributed by atoms with Crippen molar-refractivity contribution in [2.45, 2.75) is 6.42 Å². The molecule has 1 amide bonds. The molecule has 0 saturated carbocycles. The lowest BCUT2D eigenvalue weighted by Crippen LogP contribution is -2.29. The van der Waals surface area contributed by atoms with Crippen molar-refractivity contribution in [1.82, 2.24) is 15.2 Å². The first-order valence-electron chi connectivity index (χ1n) is 7.10. The van der Waals surface area contributed by atoms with Gasteiger partial charge in [-0.3, -0.25) is 4.79 Å². The lowest BCUT2D eigenvalue weighted by Gasteiger charge is -2.15. The van der Waals surface area contributed by atoms with Crippen molar-refractivity contribution in [3.63, 3.8) is 0 Å². The molecule has 114 valence electrons. The van der Waals surface area contributed by atoms with Crippen LogP contribution >= 0.6 is 22.7 Å². The van der Waals surface area contributed by atoms with Crippen molar-refractivity contribution in [2.75, 3.05) is 45.7 Å². The summed E-state index contributed by atoms with van der Waals surface area (Å²) in [6.07, 6.45) is 1.09. The van der Waals surface area contributed by atoms with E-state index in [1.165, 1.54) is 11.3 Å². The molecule has 3 heterocycles. The molecule has 2 aromatic rings. The number of rotatable bonds is 4. The molecule has 0 aliphatic carbocycles. The Morgan fingerprint density at radius 1 is 1.52 bits per heavy atom. The minimum atomic E-state index is 0.162. The average Bonchev–Trinajstić information content (AvgIpc) is 3.11. The highest BCUT2D eigenvalue weighted by atomic mass is 32.1. The van der Waals surface area contributed by atoms with Gasteiger partial charge in [0.2, 0.25) is 0 Å². The number of thiophene rings is 1. The predicted octanol–water partition coefficient (Wildman–Crippen LogP) is 2.11. The number of nitrogens with zero attached hydrogens (tertiary/aromatic N) is 3. The van der Waals surface area contributed by atoms with E-state index < -0.39 is 0 Å². The lowest BCUT2D eigenvalue weighted by atomic mass is 10.1. The number of carbonyl (C=O) groups excluding carboxylic acids is 1. The first kappa shape index (κ1) is 14.7. The molecule has 0 spiro atoms. The quantitative estimate of drug-likeness (QED) is 0.936. The molecule has 21 heavy (non-hydrogen) atoms. The zero-order chi connectivity index (χ0) is 15.0. The number of thiazole rings is 1. The van der Waals surface area contributed by atoms with E-state index in [2.05, 4.69) is 10.3 Å². The Hall–Kier alpha value is -1.18. The van der Waals surface area contributed by atoms with E-state index in [4.69, 9.17) is 0 Å². The molecule has 0 radical (unpaired) electrons. The SMILES string of the molecule is CNCC1CCN(C(=O)c2cc3sc(N(C)C)nc3s2)C1. The van der Waals surface area contributed by atoms with E-state index in [-0.39, 0.29) is 5.91 Å². The second kappa shape index (κ2) is 5.90. The maximum absolute atomic E-state index is 12.6. The molecule has 1 atom stereocenters. The van der Waals surface area contributed by atoms with Gasteiger partial charge >= 0.3 is 0 Å². The van der Waals surface area contributed by atoms with E-state index in [0.717, 1.165) is 45.6 Å². The highest BCUT2D eigenvalue weighted by Gasteiger charge is 2.27. The molecular formula is C14H20N4OS2. The van der Waals surface area contributed by atoms with Gasteiger partial charge in [-0.1, -0.05) is 11.3 Å². The minimum absolute atomic E-state index is 0.162. The van der Waals surface area contributed by atoms with Gasteiger partial charge in [0.05, 0.1) is 9.58 Å². The number of nitrogens with one attached hydrogen (secondary N) is 1. The van der Waals surface area contributed by atoms with Gasteiger partial charge in [-0.2, -0.15) is 0 Å². The molecule has 2 aromatic heterocycles. The smallest absolute Gasteiger partial charge is 0.264 e. The topological polar surface area (TPSA) is 48.5 Å². The number of fused-ring (bicyclic) bond motifs is 1. The van der Waals surface area contributed by atoms with Crippen LogP contribution in [0.25, 0.3) is 9.53 Å². The van der Waals surface area contributed by atoms with E-state index in [9.17, 15) is 4.79 Å². The summed E-state index contributed by atoms with van der Waals surface area (Å²) in [5, 5.41) is 4.19. The Morgan fingerprint density at radius 2 is 2.33 bits per heavy atom. The summed E-state index contributed by atoms with van der Waals surface area (Å²) in [7, 11) is 5.94. The molecule has 1 aliphatic rings. The highest BCUT2D eigenvalue weighted by Crippen LogP contribution is 2.34. The lowest BCUT2D eigenvalue weighted by molar-refractivity contribution is 0.0792. The molecule has 3 rings (SSSR count). The van der Waals surface area contributed by atoms with Gasteiger partial charge in [0.15, 0.2) is 5.13 Å². The van der Waals surface area contributed by atoms with Gasteiger partial charge in [0, 0.05) is 27.2 Å². The second-order valence-electron chi connectivity index (χ2n) is 5.63. The van der Waals surface area contributed by atoms with Crippen LogP contribution in [0.4, 0.5) is 5.13 Å². The maximum atomic E-state index is 12.6. The van der Waals surface area contributed by atoms with Gasteiger partial charge in [-0.25, -0.2) is 4.98 Å². The van der Waals surface area contributed by atoms with Crippen LogP contribution in [0.3, 0.4) is 0 Å². The van der Waals surface area contributed by atoms with Gasteiger partial charge in [0.1, 0.15) is 4.83 Å². The van der Waals surface area contributed by atoms with E-state index in [0.29, 0.717) is 5.92 Å². The third-order valence-corrected chi connectivity index (χ3v) is 6.05. The van der Waals surface area contributed by atoms with E-state index in [1.807, 2.05) is 37.0 Å². The predicted molar refractivity (Wildman–Crippen MR) is 89.8 cm³/mol. The Kier molecular flexibility index (Phi) is 4.14. The third-order valence-electron chi connectivity index (χ3n) is 3.74. The number of anilines is 1. The largest absolute Gasteiger partial charge is 0.354 e. The van der Waals surface area contributed by atoms with Crippen molar-refractivity contribution in [3.05, 3.63) is 10.9 Å². The van der Waals surface area contributed by atoms with Crippen LogP contribution in [0.15, 0.2) is 6.07 Å². The summed E-state index contributed by atoms with van der Waals surface area (Å²) in [5.74, 6) is 0.744. The first-order valence-corrected chi connectivity index (χ1v) is 8.73. The van der Waals surface area contributed by atoms with Crippen LogP contribution < -0.4 is 10.2 Å². The summed E-state index contributed by atoms with van der Waals surface area (Å²) < 4.78 is 1.11. The standard InChI is InChI=1S/C14H20N4OS2/c1-15-7-9-4-5-18(8-9)13(19)11-6-10-12(20-11)16-14(21-10)17(2)3/h6,9,15H,4-5,7-8H2,1-3H3. The molecule has 5 nitrogen and oxygen atoms in total. The van der Waals surface area contributed by atoms with Gasteiger partial charge in [0.25, 0.3) is 5.91 Å². The number of likely N-dealkylation sites (tertiary alicyclic amines) is 1. The van der Waals surface area contributed by atoms with Crippen LogP contribution in [-0.2, 0) is 0 Å². The summed E-state index contributed by atoms with van der Waals surface area (Å²) in [4.78, 5) is 22.9. The minimum Gasteiger partial charge on any atom is -0.354 e. The Labute approximate surface area is 132 Å². The van der Waals surface area contributed by atoms with Crippen LogP contribution in [-0.4, -0.2) is 56.6 Å². The molecule has 0 bridgehead atoms. The van der Waals surface area contributed by atoms with Crippen molar-refractivity contribution in [2.24, 2.45) is 5.92 Å². The summed E-state index contributed by atoms with van der Waals surface area (Å²) >= 11 is 3.15. The molecule has 1 unspecified atom stereocenters. The van der Waals surface area contributed by atoms with Crippen molar-refractivity contribution < 1.29 is 4.79 Å². The number of hydrogen-bond acceptors (Lipinski definition) is 6. The van der Waals surface area contributed by atoms with Crippen LogP contribution in [0.5, 0.6) is 0 Å². The van der Waals surface area contributed by atoms with Crippen molar-refractivity contribution in [3.8, 4) is 0 Å². The van der Waals surface area contributed by atoms with Crippen LogP contribution in [0.1, 0.15) is 16.1 Å². The summed E-state index contributed by atoms with van der Waals surface area (Å²) in [6.45, 7) is 2.71. The van der Waals surface area contributed by atoms with E-state index >= 15 is 0 Å². The zero-order valence-corrected chi connectivity index (χ0v) is 14.2. The molecule has 1 N–H and O–H groups in total. The van der Waals surface area contributed by atoms with Crippen LogP contribution in [0, 0.1) is 5.92 Å². The molecular weight excluding hydrogens is 304 g/mol. The van der Waals surface area contributed by atoms with Gasteiger partial charge in [-0.15, -0.1) is 11.3 Å². The van der Waals surface area contributed by atoms with Gasteiger partial charge < -0.3 is 15.1 Å². The zero-order valence-electron chi connectivity index (χ0n) is 12.5. The average molecular weight is 324 g/mol. The second-order valence-corrected chi connectivity index (χ2v) is 7.67. The molecule has 1 saturated heterocycles. The summed E-state index contributed by atoms with van der Waals surface area (Å²) in [6, 6.07) is 2.00. The molecule has 1 aliphatic heterocycles. The first-order chi connectivity index (χ1) is 10.1. The fourth-order valence-corrected chi connectivity index (χ4v) is 4.75. The van der Waals surface area contributed by atoms with E-state index in [1.54, 1.807) is 11.3 Å². The highest BCUT2D eigenvalue weighted by molar-refractivity contribution is 7.29. The van der Waals surface area contributed by atoms with Crippen molar-refractivity contribution in [1.29, 1.82) is 0 Å². The van der Waals surface area contributed by atoms with Crippen molar-refractivity contribution >= 4 is 43.2 Å². The maximum Gasteiger partial charge on any atom is 0.264 e. The Bertz CT molecular complexity index is 617. The Balaban J connectivity index is 1.74. The van der Waals surface area contributed by atoms with Gasteiger partial charge in [-0.05, 0) is 32.0 Å². The number of amides is 1.